The molecule has 0 heterocycles. The standard InChI is InChI=1S/C24H21NO4/c1-15-10-11-16(23(26)27)12-17(15)13-25-24(28)29-14-22-20-8-4-2-6-18(20)19-7-3-5-9-21(19)22/h2-12,22H,13-14H2,1H3,(H,25,28)(H,26,27). The molecule has 5 heteroatoms. The SMILES string of the molecule is Cc1ccc(C(=O)O)cc1CNC(=O)OCC1c2ccccc2-c2ccccc21. The van der Waals surface area contributed by atoms with Gasteiger partial charge in [0.25, 0.3) is 0 Å². The van der Waals surface area contributed by atoms with Gasteiger partial charge in [0.05, 0.1) is 5.56 Å². The van der Waals surface area contributed by atoms with Gasteiger partial charge in [-0.15, -0.1) is 0 Å². The molecule has 1 aliphatic rings. The van der Waals surface area contributed by atoms with Gasteiger partial charge >= 0.3 is 12.1 Å². The van der Waals surface area contributed by atoms with Crippen molar-refractivity contribution in [3.8, 4) is 11.1 Å². The molecule has 0 radical (unpaired) electrons. The molecule has 0 aromatic heterocycles. The van der Waals surface area contributed by atoms with Crippen LogP contribution in [0.4, 0.5) is 4.79 Å². The van der Waals surface area contributed by atoms with E-state index in [2.05, 4.69) is 29.6 Å². The van der Waals surface area contributed by atoms with Gasteiger partial charge in [0.1, 0.15) is 6.61 Å². The number of benzene rings is 3. The number of amides is 1. The molecule has 2 N–H and O–H groups in total. The van der Waals surface area contributed by atoms with Gasteiger partial charge in [0.15, 0.2) is 0 Å². The minimum atomic E-state index is -0.993. The second kappa shape index (κ2) is 7.80. The first kappa shape index (κ1) is 18.7. The van der Waals surface area contributed by atoms with Gasteiger partial charge in [-0.25, -0.2) is 9.59 Å². The number of carbonyl (C=O) groups is 2. The third kappa shape index (κ3) is 3.72. The lowest BCUT2D eigenvalue weighted by Crippen LogP contribution is -2.26. The number of carboxylic acids is 1. The van der Waals surface area contributed by atoms with E-state index in [9.17, 15) is 9.59 Å². The molecule has 29 heavy (non-hydrogen) atoms. The fourth-order valence-electron chi connectivity index (χ4n) is 3.81. The van der Waals surface area contributed by atoms with E-state index in [0.29, 0.717) is 0 Å². The maximum absolute atomic E-state index is 12.3. The molecule has 0 saturated carbocycles. The molecule has 1 aliphatic carbocycles. The van der Waals surface area contributed by atoms with Crippen molar-refractivity contribution in [3.05, 3.63) is 94.5 Å². The molecule has 0 aliphatic heterocycles. The number of nitrogens with one attached hydrogen (secondary N) is 1. The van der Waals surface area contributed by atoms with Gasteiger partial charge in [-0.2, -0.15) is 0 Å². The lowest BCUT2D eigenvalue weighted by atomic mass is 9.98. The van der Waals surface area contributed by atoms with Crippen molar-refractivity contribution in [1.29, 1.82) is 0 Å². The second-order valence-electron chi connectivity index (χ2n) is 7.13. The summed E-state index contributed by atoms with van der Waals surface area (Å²) in [4.78, 5) is 23.4. The quantitative estimate of drug-likeness (QED) is 0.663. The highest BCUT2D eigenvalue weighted by Crippen LogP contribution is 2.44. The lowest BCUT2D eigenvalue weighted by molar-refractivity contribution is 0.0696. The number of rotatable bonds is 5. The third-order valence-electron chi connectivity index (χ3n) is 5.36. The summed E-state index contributed by atoms with van der Waals surface area (Å²) in [5.41, 5.74) is 6.53. The number of carbonyl (C=O) groups excluding carboxylic acids is 1. The molecule has 0 unspecified atom stereocenters. The third-order valence-corrected chi connectivity index (χ3v) is 5.36. The number of aryl methyl sites for hydroxylation is 1. The molecular weight excluding hydrogens is 366 g/mol. The van der Waals surface area contributed by atoms with E-state index in [1.54, 1.807) is 18.2 Å². The lowest BCUT2D eigenvalue weighted by Gasteiger charge is -2.15. The van der Waals surface area contributed by atoms with E-state index in [-0.39, 0.29) is 24.6 Å². The van der Waals surface area contributed by atoms with Crippen molar-refractivity contribution in [1.82, 2.24) is 5.32 Å². The van der Waals surface area contributed by atoms with E-state index in [1.165, 1.54) is 11.1 Å². The summed E-state index contributed by atoms with van der Waals surface area (Å²) in [6.07, 6.45) is -0.521. The average molecular weight is 387 g/mol. The Hall–Kier alpha value is -3.60. The highest BCUT2D eigenvalue weighted by atomic mass is 16.5. The Morgan fingerprint density at radius 1 is 0.966 bits per heavy atom. The Morgan fingerprint density at radius 3 is 2.21 bits per heavy atom. The molecule has 146 valence electrons. The molecule has 3 aromatic rings. The van der Waals surface area contributed by atoms with E-state index >= 15 is 0 Å². The summed E-state index contributed by atoms with van der Waals surface area (Å²) >= 11 is 0. The molecule has 0 spiro atoms. The number of alkyl carbamates (subject to hydrolysis) is 1. The van der Waals surface area contributed by atoms with Crippen LogP contribution in [0.3, 0.4) is 0 Å². The minimum Gasteiger partial charge on any atom is -0.478 e. The van der Waals surface area contributed by atoms with Gasteiger partial charge in [0, 0.05) is 12.5 Å². The highest BCUT2D eigenvalue weighted by molar-refractivity contribution is 5.88. The Balaban J connectivity index is 1.42. The Morgan fingerprint density at radius 2 is 1.59 bits per heavy atom. The first-order valence-electron chi connectivity index (χ1n) is 9.46. The van der Waals surface area contributed by atoms with Crippen molar-refractivity contribution in [2.75, 3.05) is 6.61 Å². The van der Waals surface area contributed by atoms with Crippen LogP contribution in [-0.4, -0.2) is 23.8 Å². The largest absolute Gasteiger partial charge is 0.478 e. The van der Waals surface area contributed by atoms with Crippen LogP contribution >= 0.6 is 0 Å². The van der Waals surface area contributed by atoms with Crippen LogP contribution in [-0.2, 0) is 11.3 Å². The van der Waals surface area contributed by atoms with Crippen LogP contribution in [0.2, 0.25) is 0 Å². The number of ether oxygens (including phenoxy) is 1. The van der Waals surface area contributed by atoms with Gasteiger partial charge < -0.3 is 15.2 Å². The molecule has 0 fully saturated rings. The predicted molar refractivity (Wildman–Crippen MR) is 110 cm³/mol. The highest BCUT2D eigenvalue weighted by Gasteiger charge is 2.28. The number of carboxylic acid groups (broad SMARTS) is 1. The van der Waals surface area contributed by atoms with Crippen LogP contribution in [0, 0.1) is 6.92 Å². The zero-order chi connectivity index (χ0) is 20.4. The van der Waals surface area contributed by atoms with Crippen molar-refractivity contribution >= 4 is 12.1 Å². The maximum atomic E-state index is 12.3. The predicted octanol–water partition coefficient (Wildman–Crippen LogP) is 4.73. The number of aromatic carboxylic acids is 1. The van der Waals surface area contributed by atoms with Crippen LogP contribution in [0.15, 0.2) is 66.7 Å². The molecule has 1 amide bonds. The Labute approximate surface area is 169 Å². The topological polar surface area (TPSA) is 75.6 Å². The van der Waals surface area contributed by atoms with E-state index in [4.69, 9.17) is 9.84 Å². The Bertz CT molecular complexity index is 1040. The summed E-state index contributed by atoms with van der Waals surface area (Å²) in [6.45, 7) is 2.33. The first-order valence-corrected chi connectivity index (χ1v) is 9.46. The molecule has 0 atom stereocenters. The number of hydrogen-bond acceptors (Lipinski definition) is 3. The second-order valence-corrected chi connectivity index (χ2v) is 7.13. The fourth-order valence-corrected chi connectivity index (χ4v) is 3.81. The van der Waals surface area contributed by atoms with E-state index in [0.717, 1.165) is 22.3 Å². The maximum Gasteiger partial charge on any atom is 0.407 e. The average Bonchev–Trinajstić information content (AvgIpc) is 3.05. The molecule has 0 bridgehead atoms. The summed E-state index contributed by atoms with van der Waals surface area (Å²) < 4.78 is 5.51. The van der Waals surface area contributed by atoms with Gasteiger partial charge in [-0.3, -0.25) is 0 Å². The zero-order valence-electron chi connectivity index (χ0n) is 16.0. The smallest absolute Gasteiger partial charge is 0.407 e. The van der Waals surface area contributed by atoms with Crippen LogP contribution in [0.1, 0.15) is 38.5 Å². The van der Waals surface area contributed by atoms with Crippen LogP contribution in [0.5, 0.6) is 0 Å². The van der Waals surface area contributed by atoms with Gasteiger partial charge in [0.2, 0.25) is 0 Å². The summed E-state index contributed by atoms with van der Waals surface area (Å²) in [6, 6.07) is 21.2. The van der Waals surface area contributed by atoms with Crippen LogP contribution < -0.4 is 5.32 Å². The van der Waals surface area contributed by atoms with Gasteiger partial charge in [-0.1, -0.05) is 54.6 Å². The Kier molecular flexibility index (Phi) is 5.04. The normalized spacial score (nSPS) is 12.2. The minimum absolute atomic E-state index is 0.00484. The van der Waals surface area contributed by atoms with Crippen molar-refractivity contribution in [2.24, 2.45) is 0 Å². The number of fused-ring (bicyclic) bond motifs is 3. The molecule has 5 nitrogen and oxygen atoms in total. The van der Waals surface area contributed by atoms with Gasteiger partial charge in [-0.05, 0) is 52.4 Å². The van der Waals surface area contributed by atoms with E-state index in [1.807, 2.05) is 31.2 Å². The van der Waals surface area contributed by atoms with Crippen molar-refractivity contribution in [3.63, 3.8) is 0 Å². The molecule has 4 rings (SSSR count). The van der Waals surface area contributed by atoms with Crippen molar-refractivity contribution < 1.29 is 19.4 Å². The van der Waals surface area contributed by atoms with Crippen LogP contribution in [0.25, 0.3) is 11.1 Å². The molecule has 0 saturated heterocycles. The zero-order valence-corrected chi connectivity index (χ0v) is 16.0. The van der Waals surface area contributed by atoms with Crippen molar-refractivity contribution in [2.45, 2.75) is 19.4 Å². The summed E-state index contributed by atoms with van der Waals surface area (Å²) in [5, 5.41) is 11.9. The fraction of sp³-hybridized carbons (Fsp3) is 0.167. The number of hydrogen-bond donors (Lipinski definition) is 2. The molecule has 3 aromatic carbocycles. The first-order chi connectivity index (χ1) is 14.0. The summed E-state index contributed by atoms with van der Waals surface area (Å²) in [5.74, 6) is -0.988. The molecular formula is C24H21NO4. The summed E-state index contributed by atoms with van der Waals surface area (Å²) in [7, 11) is 0. The van der Waals surface area contributed by atoms with E-state index < -0.39 is 12.1 Å². The monoisotopic (exact) mass is 387 g/mol.